The van der Waals surface area contributed by atoms with E-state index in [-0.39, 0.29) is 12.7 Å². The molecule has 0 aromatic carbocycles. The maximum absolute atomic E-state index is 12.4. The Balaban J connectivity index is 2.25. The second kappa shape index (κ2) is 3.13. The largest absolute Gasteiger partial charge is 0.374 e. The summed E-state index contributed by atoms with van der Waals surface area (Å²) in [6.45, 7) is 3.38. The minimum atomic E-state index is -0.824. The molecule has 1 rings (SSSR count). The van der Waals surface area contributed by atoms with Crippen LogP contribution in [0.5, 0.6) is 0 Å². The quantitative estimate of drug-likeness (QED) is 0.514. The Hall–Kier alpha value is -0.150. The predicted octanol–water partition coefficient (Wildman–Crippen LogP) is 0.333. The molecule has 2 nitrogen and oxygen atoms in total. The third-order valence-corrected chi connectivity index (χ3v) is 1.36. The van der Waals surface area contributed by atoms with Crippen LogP contribution in [0, 0.1) is 0 Å². The summed E-state index contributed by atoms with van der Waals surface area (Å²) in [4.78, 5) is 0. The molecule has 1 saturated heterocycles. The molecule has 0 bridgehead atoms. The van der Waals surface area contributed by atoms with E-state index >= 15 is 0 Å². The van der Waals surface area contributed by atoms with Gasteiger partial charge < -0.3 is 10.1 Å². The fourth-order valence-corrected chi connectivity index (χ4v) is 0.830. The third-order valence-electron chi connectivity index (χ3n) is 1.36. The minimum Gasteiger partial charge on any atom is -0.374 e. The third kappa shape index (κ3) is 2.28. The van der Waals surface area contributed by atoms with Crippen molar-refractivity contribution in [1.82, 2.24) is 5.32 Å². The Labute approximate surface area is 54.4 Å². The first kappa shape index (κ1) is 6.96. The van der Waals surface area contributed by atoms with Crippen molar-refractivity contribution in [3.8, 4) is 0 Å². The van der Waals surface area contributed by atoms with Crippen molar-refractivity contribution in [2.45, 2.75) is 19.2 Å². The molecule has 2 atom stereocenters. The average Bonchev–Trinajstić information content (AvgIpc) is 1.97. The van der Waals surface area contributed by atoms with Gasteiger partial charge in [-0.25, -0.2) is 4.39 Å². The first-order chi connectivity index (χ1) is 4.29. The Kier molecular flexibility index (Phi) is 2.42. The van der Waals surface area contributed by atoms with Crippen LogP contribution in [0.25, 0.3) is 0 Å². The SMILES string of the molecule is C[C@@H]1CNC[C@H](F)CO1. The van der Waals surface area contributed by atoms with Crippen LogP contribution in [0.4, 0.5) is 4.39 Å². The highest BCUT2D eigenvalue weighted by Crippen LogP contribution is 1.99. The summed E-state index contributed by atoms with van der Waals surface area (Å²) in [6, 6.07) is 0. The lowest BCUT2D eigenvalue weighted by molar-refractivity contribution is 0.0505. The molecule has 1 aliphatic heterocycles. The van der Waals surface area contributed by atoms with Gasteiger partial charge in [0.15, 0.2) is 0 Å². The van der Waals surface area contributed by atoms with Crippen LogP contribution in [0.3, 0.4) is 0 Å². The predicted molar refractivity (Wildman–Crippen MR) is 33.2 cm³/mol. The lowest BCUT2D eigenvalue weighted by Gasteiger charge is -2.06. The number of halogens is 1. The topological polar surface area (TPSA) is 21.3 Å². The Morgan fingerprint density at radius 1 is 1.56 bits per heavy atom. The van der Waals surface area contributed by atoms with Crippen LogP contribution in [-0.2, 0) is 4.74 Å². The molecule has 0 spiro atoms. The number of ether oxygens (including phenoxy) is 1. The summed E-state index contributed by atoms with van der Waals surface area (Å²) in [6.07, 6.45) is -0.666. The number of hydrogen-bond acceptors (Lipinski definition) is 2. The molecule has 9 heavy (non-hydrogen) atoms. The van der Waals surface area contributed by atoms with Crippen molar-refractivity contribution >= 4 is 0 Å². The molecule has 0 unspecified atom stereocenters. The van der Waals surface area contributed by atoms with Gasteiger partial charge in [-0.1, -0.05) is 0 Å². The Morgan fingerprint density at radius 2 is 2.33 bits per heavy atom. The summed E-state index contributed by atoms with van der Waals surface area (Å²) in [5.74, 6) is 0. The van der Waals surface area contributed by atoms with E-state index in [1.165, 1.54) is 0 Å². The van der Waals surface area contributed by atoms with E-state index in [4.69, 9.17) is 4.74 Å². The number of hydrogen-bond donors (Lipinski definition) is 1. The van der Waals surface area contributed by atoms with Crippen LogP contribution >= 0.6 is 0 Å². The average molecular weight is 133 g/mol. The van der Waals surface area contributed by atoms with Gasteiger partial charge in [0.1, 0.15) is 6.17 Å². The normalized spacial score (nSPS) is 38.0. The molecule has 1 heterocycles. The molecule has 0 saturated carbocycles. The first-order valence-corrected chi connectivity index (χ1v) is 3.25. The maximum atomic E-state index is 12.4. The van der Waals surface area contributed by atoms with Crippen molar-refractivity contribution in [3.05, 3.63) is 0 Å². The summed E-state index contributed by atoms with van der Waals surface area (Å²) < 4.78 is 17.5. The second-order valence-corrected chi connectivity index (χ2v) is 2.40. The molecule has 54 valence electrons. The highest BCUT2D eigenvalue weighted by Gasteiger charge is 2.13. The monoisotopic (exact) mass is 133 g/mol. The number of alkyl halides is 1. The van der Waals surface area contributed by atoms with E-state index in [2.05, 4.69) is 5.32 Å². The molecule has 0 amide bonds. The fourth-order valence-electron chi connectivity index (χ4n) is 0.830. The zero-order chi connectivity index (χ0) is 6.69. The molecular formula is C6H12FNO. The molecule has 0 aromatic rings. The standard InChI is InChI=1S/C6H12FNO/c1-5-2-8-3-6(7)4-9-5/h5-6,8H,2-4H2,1H3/t5-,6+/m1/s1. The van der Waals surface area contributed by atoms with E-state index in [1.807, 2.05) is 6.92 Å². The van der Waals surface area contributed by atoms with Crippen molar-refractivity contribution in [2.75, 3.05) is 19.7 Å². The van der Waals surface area contributed by atoms with Crippen molar-refractivity contribution in [1.29, 1.82) is 0 Å². The van der Waals surface area contributed by atoms with Gasteiger partial charge in [-0.15, -0.1) is 0 Å². The molecule has 1 aliphatic rings. The van der Waals surface area contributed by atoms with Gasteiger partial charge in [0.05, 0.1) is 12.7 Å². The molecule has 1 fully saturated rings. The Bertz CT molecular complexity index is 79.1. The Morgan fingerprint density at radius 3 is 3.11 bits per heavy atom. The van der Waals surface area contributed by atoms with Gasteiger partial charge in [-0.2, -0.15) is 0 Å². The van der Waals surface area contributed by atoms with Gasteiger partial charge in [-0.3, -0.25) is 0 Å². The van der Waals surface area contributed by atoms with Gasteiger partial charge in [0.25, 0.3) is 0 Å². The van der Waals surface area contributed by atoms with Crippen LogP contribution in [-0.4, -0.2) is 32.0 Å². The first-order valence-electron chi connectivity index (χ1n) is 3.25. The van der Waals surface area contributed by atoms with E-state index < -0.39 is 6.17 Å². The highest BCUT2D eigenvalue weighted by atomic mass is 19.1. The zero-order valence-corrected chi connectivity index (χ0v) is 5.56. The number of nitrogens with one attached hydrogen (secondary N) is 1. The zero-order valence-electron chi connectivity index (χ0n) is 5.56. The van der Waals surface area contributed by atoms with Gasteiger partial charge in [0.2, 0.25) is 0 Å². The summed E-state index contributed by atoms with van der Waals surface area (Å²) in [7, 11) is 0. The van der Waals surface area contributed by atoms with Gasteiger partial charge in [0, 0.05) is 13.1 Å². The van der Waals surface area contributed by atoms with Crippen molar-refractivity contribution < 1.29 is 9.13 Å². The van der Waals surface area contributed by atoms with Crippen LogP contribution in [0.1, 0.15) is 6.92 Å². The van der Waals surface area contributed by atoms with Crippen LogP contribution in [0.2, 0.25) is 0 Å². The van der Waals surface area contributed by atoms with E-state index in [1.54, 1.807) is 0 Å². The fraction of sp³-hybridized carbons (Fsp3) is 1.00. The number of rotatable bonds is 0. The van der Waals surface area contributed by atoms with Crippen molar-refractivity contribution in [2.24, 2.45) is 0 Å². The summed E-state index contributed by atoms with van der Waals surface area (Å²) in [5.41, 5.74) is 0. The summed E-state index contributed by atoms with van der Waals surface area (Å²) in [5, 5.41) is 2.95. The molecule has 0 radical (unpaired) electrons. The maximum Gasteiger partial charge on any atom is 0.136 e. The van der Waals surface area contributed by atoms with Crippen LogP contribution < -0.4 is 5.32 Å². The van der Waals surface area contributed by atoms with Crippen molar-refractivity contribution in [3.63, 3.8) is 0 Å². The molecule has 0 aliphatic carbocycles. The van der Waals surface area contributed by atoms with Gasteiger partial charge in [-0.05, 0) is 6.92 Å². The van der Waals surface area contributed by atoms with E-state index in [0.717, 1.165) is 6.54 Å². The summed E-state index contributed by atoms with van der Waals surface area (Å²) >= 11 is 0. The van der Waals surface area contributed by atoms with Gasteiger partial charge >= 0.3 is 0 Å². The van der Waals surface area contributed by atoms with Crippen LogP contribution in [0.15, 0.2) is 0 Å². The molecule has 0 aromatic heterocycles. The highest BCUT2D eigenvalue weighted by molar-refractivity contribution is 4.66. The van der Waals surface area contributed by atoms with E-state index in [9.17, 15) is 4.39 Å². The lowest BCUT2D eigenvalue weighted by Crippen LogP contribution is -2.25. The van der Waals surface area contributed by atoms with E-state index in [0.29, 0.717) is 6.54 Å². The molecule has 1 N–H and O–H groups in total. The molecular weight excluding hydrogens is 121 g/mol. The second-order valence-electron chi connectivity index (χ2n) is 2.40. The minimum absolute atomic E-state index is 0.158. The lowest BCUT2D eigenvalue weighted by atomic mass is 10.4. The molecule has 3 heteroatoms. The smallest absolute Gasteiger partial charge is 0.136 e.